The van der Waals surface area contributed by atoms with Gasteiger partial charge in [0.1, 0.15) is 0 Å². The predicted molar refractivity (Wildman–Crippen MR) is 90.2 cm³/mol. The summed E-state index contributed by atoms with van der Waals surface area (Å²) in [6.45, 7) is 0.379. The van der Waals surface area contributed by atoms with Crippen molar-refractivity contribution < 1.29 is 9.18 Å². The fourth-order valence-electron chi connectivity index (χ4n) is 2.23. The van der Waals surface area contributed by atoms with Gasteiger partial charge in [0.15, 0.2) is 6.17 Å². The monoisotopic (exact) mass is 351 g/mol. The maximum absolute atomic E-state index is 14.7. The SMILES string of the molecule is O=C1NCC=NN1c1ccc(C(F)c2ccc(Cl)cc2)c(Cl)c1. The lowest BCUT2D eigenvalue weighted by atomic mass is 10.0. The van der Waals surface area contributed by atoms with Crippen LogP contribution in [0.4, 0.5) is 14.9 Å². The maximum atomic E-state index is 14.7. The van der Waals surface area contributed by atoms with E-state index in [2.05, 4.69) is 10.4 Å². The largest absolute Gasteiger partial charge is 0.342 e. The first-order chi connectivity index (χ1) is 11.1. The molecular weight excluding hydrogens is 340 g/mol. The quantitative estimate of drug-likeness (QED) is 0.864. The number of nitrogens with one attached hydrogen (secondary N) is 1. The molecule has 0 bridgehead atoms. The van der Waals surface area contributed by atoms with Crippen LogP contribution in [0, 0.1) is 0 Å². The maximum Gasteiger partial charge on any atom is 0.342 e. The Hall–Kier alpha value is -2.11. The van der Waals surface area contributed by atoms with Gasteiger partial charge in [0.25, 0.3) is 0 Å². The lowest BCUT2D eigenvalue weighted by Gasteiger charge is -2.21. The van der Waals surface area contributed by atoms with Crippen LogP contribution >= 0.6 is 23.2 Å². The van der Waals surface area contributed by atoms with Crippen LogP contribution in [0.15, 0.2) is 47.6 Å². The highest BCUT2D eigenvalue weighted by Gasteiger charge is 2.21. The smallest absolute Gasteiger partial charge is 0.331 e. The summed E-state index contributed by atoms with van der Waals surface area (Å²) in [5.74, 6) is 0. The van der Waals surface area contributed by atoms with Gasteiger partial charge >= 0.3 is 6.03 Å². The Morgan fingerprint density at radius 2 is 1.91 bits per heavy atom. The molecule has 0 saturated carbocycles. The summed E-state index contributed by atoms with van der Waals surface area (Å²) in [6.07, 6.45) is 0.182. The number of halogens is 3. The lowest BCUT2D eigenvalue weighted by molar-refractivity contribution is 0.247. The fraction of sp³-hybridized carbons (Fsp3) is 0.125. The highest BCUT2D eigenvalue weighted by atomic mass is 35.5. The van der Waals surface area contributed by atoms with E-state index in [1.807, 2.05) is 0 Å². The van der Waals surface area contributed by atoms with Crippen molar-refractivity contribution in [3.63, 3.8) is 0 Å². The van der Waals surface area contributed by atoms with E-state index in [-0.39, 0.29) is 11.1 Å². The number of urea groups is 1. The zero-order valence-corrected chi connectivity index (χ0v) is 13.4. The molecule has 0 saturated heterocycles. The minimum Gasteiger partial charge on any atom is -0.331 e. The van der Waals surface area contributed by atoms with E-state index in [0.717, 1.165) is 0 Å². The molecule has 0 fully saturated rings. The zero-order chi connectivity index (χ0) is 16.4. The molecule has 1 atom stereocenters. The van der Waals surface area contributed by atoms with Crippen molar-refractivity contribution >= 4 is 41.1 Å². The fourth-order valence-corrected chi connectivity index (χ4v) is 2.63. The number of rotatable bonds is 3. The number of alkyl halides is 1. The Balaban J connectivity index is 1.90. The molecule has 2 aromatic rings. The third-order valence-corrected chi connectivity index (χ3v) is 3.98. The Labute approximate surface area is 142 Å². The van der Waals surface area contributed by atoms with Crippen LogP contribution in [0.5, 0.6) is 0 Å². The van der Waals surface area contributed by atoms with E-state index in [1.165, 1.54) is 11.1 Å². The standard InChI is InChI=1S/C16H12Cl2FN3O/c17-11-3-1-10(2-4-11)15(19)13-6-5-12(9-14(13)18)22-16(23)20-7-8-21-22/h1-6,8-9,15H,7H2,(H,20,23). The number of benzene rings is 2. The van der Waals surface area contributed by atoms with E-state index < -0.39 is 6.17 Å². The molecule has 1 heterocycles. The second kappa shape index (κ2) is 6.56. The normalized spacial score (nSPS) is 15.4. The summed E-state index contributed by atoms with van der Waals surface area (Å²) in [4.78, 5) is 11.7. The summed E-state index contributed by atoms with van der Waals surface area (Å²) in [5, 5.41) is 8.55. The Bertz CT molecular complexity index is 764. The molecule has 0 spiro atoms. The van der Waals surface area contributed by atoms with Gasteiger partial charge in [0, 0.05) is 21.8 Å². The van der Waals surface area contributed by atoms with Gasteiger partial charge in [-0.05, 0) is 29.8 Å². The third-order valence-electron chi connectivity index (χ3n) is 3.40. The van der Waals surface area contributed by atoms with Crippen molar-refractivity contribution in [1.82, 2.24) is 5.32 Å². The van der Waals surface area contributed by atoms with Crippen molar-refractivity contribution in [2.45, 2.75) is 6.17 Å². The number of hydrogen-bond acceptors (Lipinski definition) is 2. The van der Waals surface area contributed by atoms with Gasteiger partial charge in [-0.15, -0.1) is 0 Å². The van der Waals surface area contributed by atoms with Crippen LogP contribution in [-0.2, 0) is 0 Å². The summed E-state index contributed by atoms with van der Waals surface area (Å²) >= 11 is 12.0. The average molecular weight is 352 g/mol. The molecule has 2 aromatic carbocycles. The van der Waals surface area contributed by atoms with Crippen LogP contribution in [0.25, 0.3) is 0 Å². The average Bonchev–Trinajstić information content (AvgIpc) is 2.55. The molecule has 1 aliphatic heterocycles. The third kappa shape index (κ3) is 3.30. The topological polar surface area (TPSA) is 44.7 Å². The molecule has 23 heavy (non-hydrogen) atoms. The number of anilines is 1. The first-order valence-electron chi connectivity index (χ1n) is 6.85. The number of nitrogens with zero attached hydrogens (tertiary/aromatic N) is 2. The second-order valence-electron chi connectivity index (χ2n) is 4.92. The number of hydrazone groups is 1. The number of amides is 2. The predicted octanol–water partition coefficient (Wildman–Crippen LogP) is 4.57. The first-order valence-corrected chi connectivity index (χ1v) is 7.61. The minimum atomic E-state index is -1.38. The van der Waals surface area contributed by atoms with Crippen LogP contribution < -0.4 is 10.3 Å². The Kier molecular flexibility index (Phi) is 4.50. The van der Waals surface area contributed by atoms with E-state index in [4.69, 9.17) is 23.2 Å². The lowest BCUT2D eigenvalue weighted by Crippen LogP contribution is -2.41. The molecule has 0 aromatic heterocycles. The van der Waals surface area contributed by atoms with Crippen molar-refractivity contribution in [3.8, 4) is 0 Å². The van der Waals surface area contributed by atoms with Crippen molar-refractivity contribution in [2.75, 3.05) is 11.6 Å². The molecule has 1 unspecified atom stereocenters. The van der Waals surface area contributed by atoms with Crippen molar-refractivity contribution in [2.24, 2.45) is 5.10 Å². The van der Waals surface area contributed by atoms with Crippen molar-refractivity contribution in [1.29, 1.82) is 0 Å². The van der Waals surface area contributed by atoms with Gasteiger partial charge in [0.05, 0.1) is 12.2 Å². The Morgan fingerprint density at radius 1 is 1.17 bits per heavy atom. The first kappa shape index (κ1) is 15.8. The van der Waals surface area contributed by atoms with E-state index in [9.17, 15) is 9.18 Å². The van der Waals surface area contributed by atoms with Crippen LogP contribution in [0.3, 0.4) is 0 Å². The van der Waals surface area contributed by atoms with Crippen LogP contribution in [-0.4, -0.2) is 18.8 Å². The molecule has 1 N–H and O–H groups in total. The molecule has 7 heteroatoms. The van der Waals surface area contributed by atoms with E-state index in [0.29, 0.717) is 28.4 Å². The van der Waals surface area contributed by atoms with Crippen LogP contribution in [0.2, 0.25) is 10.0 Å². The molecular formula is C16H12Cl2FN3O. The summed E-state index contributed by atoms with van der Waals surface area (Å²) in [7, 11) is 0. The molecule has 118 valence electrons. The second-order valence-corrected chi connectivity index (χ2v) is 5.76. The minimum absolute atomic E-state index is 0.221. The van der Waals surface area contributed by atoms with E-state index in [1.54, 1.807) is 42.6 Å². The molecule has 0 aliphatic carbocycles. The highest BCUT2D eigenvalue weighted by molar-refractivity contribution is 6.32. The van der Waals surface area contributed by atoms with Gasteiger partial charge in [-0.1, -0.05) is 41.4 Å². The summed E-state index contributed by atoms with van der Waals surface area (Å²) < 4.78 is 14.7. The Morgan fingerprint density at radius 3 is 2.57 bits per heavy atom. The van der Waals surface area contributed by atoms with Crippen LogP contribution in [0.1, 0.15) is 17.3 Å². The van der Waals surface area contributed by atoms with E-state index >= 15 is 0 Å². The number of carbonyl (C=O) groups is 1. The molecule has 1 aliphatic rings. The number of carbonyl (C=O) groups excluding carboxylic acids is 1. The van der Waals surface area contributed by atoms with Gasteiger partial charge in [-0.2, -0.15) is 10.1 Å². The molecule has 2 amide bonds. The zero-order valence-electron chi connectivity index (χ0n) is 11.8. The molecule has 0 radical (unpaired) electrons. The molecule has 3 rings (SSSR count). The van der Waals surface area contributed by atoms with Gasteiger partial charge in [-0.3, -0.25) is 0 Å². The van der Waals surface area contributed by atoms with Crippen molar-refractivity contribution in [3.05, 3.63) is 63.6 Å². The van der Waals surface area contributed by atoms with Gasteiger partial charge in [-0.25, -0.2) is 9.18 Å². The van der Waals surface area contributed by atoms with Gasteiger partial charge in [0.2, 0.25) is 0 Å². The van der Waals surface area contributed by atoms with Gasteiger partial charge < -0.3 is 5.32 Å². The number of hydrogen-bond donors (Lipinski definition) is 1. The highest BCUT2D eigenvalue weighted by Crippen LogP contribution is 2.34. The summed E-state index contributed by atoms with van der Waals surface area (Å²) in [6, 6.07) is 10.8. The molecule has 4 nitrogen and oxygen atoms in total. The summed E-state index contributed by atoms with van der Waals surface area (Å²) in [5.41, 5.74) is 1.24.